The molecule has 2 rings (SSSR count). The highest BCUT2D eigenvalue weighted by atomic mass is 31.2. The molecule has 0 saturated heterocycles. The van der Waals surface area contributed by atoms with E-state index < -0.39 is 7.60 Å². The van der Waals surface area contributed by atoms with E-state index in [-0.39, 0.29) is 6.16 Å². The average Bonchev–Trinajstić information content (AvgIpc) is 2.50. The van der Waals surface area contributed by atoms with E-state index in [1.807, 2.05) is 0 Å². The van der Waals surface area contributed by atoms with Crippen LogP contribution in [0.5, 0.6) is 0 Å². The van der Waals surface area contributed by atoms with Crippen molar-refractivity contribution < 1.29 is 14.0 Å². The molecule has 1 atom stereocenters. The van der Waals surface area contributed by atoms with Gasteiger partial charge in [-0.3, -0.25) is 4.57 Å². The van der Waals surface area contributed by atoms with Gasteiger partial charge in [-0.1, -0.05) is 45.4 Å². The molecule has 20 heavy (non-hydrogen) atoms. The lowest BCUT2D eigenvalue weighted by Gasteiger charge is -2.30. The van der Waals surface area contributed by atoms with Crippen LogP contribution in [0.4, 0.5) is 0 Å². The molecule has 2 N–H and O–H groups in total. The Hall–Kier alpha value is 0.110. The molecule has 120 valence electrons. The summed E-state index contributed by atoms with van der Waals surface area (Å²) in [4.78, 5) is 8.47. The van der Waals surface area contributed by atoms with Crippen molar-refractivity contribution in [2.45, 2.75) is 83.2 Å². The lowest BCUT2D eigenvalue weighted by molar-refractivity contribution is 0.291. The van der Waals surface area contributed by atoms with E-state index in [4.69, 9.17) is 4.89 Å². The maximum Gasteiger partial charge on any atom is 0.327 e. The fourth-order valence-electron chi connectivity index (χ4n) is 3.00. The van der Waals surface area contributed by atoms with E-state index in [0.717, 1.165) is 12.1 Å². The van der Waals surface area contributed by atoms with E-state index >= 15 is 0 Å². The lowest BCUT2D eigenvalue weighted by atomic mass is 9.91. The topological polar surface area (TPSA) is 58.6 Å². The first-order valence-corrected chi connectivity index (χ1v) is 9.97. The highest BCUT2D eigenvalue weighted by Crippen LogP contribution is 2.39. The fraction of sp³-hybridized carbons (Fsp3) is 1.00. The minimum absolute atomic E-state index is 0.184. The van der Waals surface area contributed by atoms with E-state index in [0.29, 0.717) is 0 Å². The molecule has 1 unspecified atom stereocenters. The molecule has 2 fully saturated rings. The Morgan fingerprint density at radius 1 is 1.00 bits per heavy atom. The molecule has 0 aromatic carbocycles. The summed E-state index contributed by atoms with van der Waals surface area (Å²) in [6.07, 6.45) is 14.7. The Balaban J connectivity index is 0.000000246. The first-order valence-electron chi connectivity index (χ1n) is 8.21. The molecular weight excluding hydrogens is 273 g/mol. The normalized spacial score (nSPS) is 24.6. The van der Waals surface area contributed by atoms with Crippen LogP contribution in [0.25, 0.3) is 0 Å². The van der Waals surface area contributed by atoms with Crippen molar-refractivity contribution in [3.05, 3.63) is 0 Å². The Bertz CT molecular complexity index is 263. The molecule has 0 aromatic rings. The summed E-state index contributed by atoms with van der Waals surface area (Å²) >= 11 is 0. The Morgan fingerprint density at radius 2 is 1.40 bits per heavy atom. The summed E-state index contributed by atoms with van der Waals surface area (Å²) in [5.41, 5.74) is 0. The van der Waals surface area contributed by atoms with Gasteiger partial charge >= 0.3 is 7.60 Å². The van der Waals surface area contributed by atoms with Crippen LogP contribution in [0, 0.1) is 0 Å². The number of nitrogens with one attached hydrogen (secondary N) is 1. The highest BCUT2D eigenvalue weighted by molar-refractivity contribution is 7.52. The van der Waals surface area contributed by atoms with Crippen molar-refractivity contribution in [1.29, 1.82) is 0 Å². The van der Waals surface area contributed by atoms with Crippen molar-refractivity contribution >= 4 is 7.60 Å². The summed E-state index contributed by atoms with van der Waals surface area (Å²) in [6.45, 7) is 1.60. The van der Waals surface area contributed by atoms with Crippen LogP contribution in [-0.4, -0.2) is 30.2 Å². The van der Waals surface area contributed by atoms with Gasteiger partial charge in [0.25, 0.3) is 0 Å². The van der Waals surface area contributed by atoms with Crippen LogP contribution in [-0.2, 0) is 9.09 Å². The molecule has 2 saturated carbocycles. The van der Waals surface area contributed by atoms with Crippen LogP contribution < -0.4 is 5.32 Å². The van der Waals surface area contributed by atoms with Gasteiger partial charge in [-0.25, -0.2) is 0 Å². The van der Waals surface area contributed by atoms with Gasteiger partial charge in [0.2, 0.25) is 0 Å². The molecule has 4 nitrogen and oxygen atoms in total. The van der Waals surface area contributed by atoms with E-state index in [2.05, 4.69) is 9.84 Å². The quantitative estimate of drug-likeness (QED) is 0.768. The number of rotatable bonds is 4. The zero-order chi connectivity index (χ0) is 14.8. The van der Waals surface area contributed by atoms with Gasteiger partial charge in [0.1, 0.15) is 0 Å². The van der Waals surface area contributed by atoms with Gasteiger partial charge in [0, 0.05) is 25.4 Å². The summed E-state index contributed by atoms with van der Waals surface area (Å²) in [5, 5.41) is 3.86. The lowest BCUT2D eigenvalue weighted by Crippen LogP contribution is -2.40. The maximum atomic E-state index is 10.3. The predicted molar refractivity (Wildman–Crippen MR) is 84.3 cm³/mol. The zero-order valence-electron chi connectivity index (χ0n) is 13.1. The van der Waals surface area contributed by atoms with Gasteiger partial charge in [-0.15, -0.1) is 0 Å². The Labute approximate surface area is 124 Å². The van der Waals surface area contributed by atoms with E-state index in [1.165, 1.54) is 71.3 Å². The summed E-state index contributed by atoms with van der Waals surface area (Å²) in [5.74, 6) is 0. The molecule has 0 spiro atoms. The second-order valence-corrected chi connectivity index (χ2v) is 8.25. The van der Waals surface area contributed by atoms with Crippen molar-refractivity contribution in [2.75, 3.05) is 13.3 Å². The van der Waals surface area contributed by atoms with Crippen molar-refractivity contribution in [3.63, 3.8) is 0 Å². The second-order valence-electron chi connectivity index (χ2n) is 5.97. The molecular formula is C15H32NO3P. The third-order valence-corrected chi connectivity index (χ3v) is 5.74. The molecule has 2 aliphatic carbocycles. The maximum absolute atomic E-state index is 10.3. The van der Waals surface area contributed by atoms with Gasteiger partial charge < -0.3 is 14.7 Å². The van der Waals surface area contributed by atoms with Crippen LogP contribution >= 0.6 is 7.60 Å². The summed E-state index contributed by atoms with van der Waals surface area (Å²) < 4.78 is 14.5. The predicted octanol–water partition coefficient (Wildman–Crippen LogP) is 4.08. The molecule has 2 aliphatic rings. The first kappa shape index (κ1) is 18.2. The van der Waals surface area contributed by atoms with Gasteiger partial charge in [-0.2, -0.15) is 0 Å². The van der Waals surface area contributed by atoms with Crippen LogP contribution in [0.15, 0.2) is 0 Å². The highest BCUT2D eigenvalue weighted by Gasteiger charge is 2.19. The van der Waals surface area contributed by atoms with Crippen LogP contribution in [0.3, 0.4) is 0 Å². The zero-order valence-corrected chi connectivity index (χ0v) is 14.0. The summed E-state index contributed by atoms with van der Waals surface area (Å²) in [6, 6.07) is 1.74. The summed E-state index contributed by atoms with van der Waals surface area (Å²) in [7, 11) is -1.93. The molecule has 5 heteroatoms. The molecule has 0 aromatic heterocycles. The minimum Gasteiger partial charge on any atom is -0.324 e. The van der Waals surface area contributed by atoms with Gasteiger partial charge in [0.05, 0.1) is 0 Å². The molecule has 0 bridgehead atoms. The first-order chi connectivity index (χ1) is 9.57. The van der Waals surface area contributed by atoms with Crippen molar-refractivity contribution in [2.24, 2.45) is 0 Å². The SMILES string of the molecule is C1CCC(NC2CCCCC2)CC1.CCP(=O)(O)OC. The molecule has 0 heterocycles. The van der Waals surface area contributed by atoms with Gasteiger partial charge in [0.15, 0.2) is 0 Å². The monoisotopic (exact) mass is 305 g/mol. The third-order valence-electron chi connectivity index (χ3n) is 4.37. The van der Waals surface area contributed by atoms with Crippen LogP contribution in [0.2, 0.25) is 0 Å². The fourth-order valence-corrected chi connectivity index (χ4v) is 3.26. The minimum atomic E-state index is -3.15. The third kappa shape index (κ3) is 7.78. The standard InChI is InChI=1S/C12H23N.C3H9O3P/c1-3-7-11(8-4-1)13-12-9-5-2-6-10-12;1-3-7(4,5)6-2/h11-13H,1-10H2;3H2,1-2H3,(H,4,5). The Morgan fingerprint density at radius 3 is 1.65 bits per heavy atom. The van der Waals surface area contributed by atoms with E-state index in [1.54, 1.807) is 6.92 Å². The second kappa shape index (κ2) is 9.94. The molecule has 0 amide bonds. The Kier molecular flexibility index (Phi) is 9.03. The largest absolute Gasteiger partial charge is 0.327 e. The van der Waals surface area contributed by atoms with Crippen molar-refractivity contribution in [3.8, 4) is 0 Å². The number of hydrogen-bond acceptors (Lipinski definition) is 3. The average molecular weight is 305 g/mol. The van der Waals surface area contributed by atoms with Crippen molar-refractivity contribution in [1.82, 2.24) is 5.32 Å². The number of hydrogen-bond donors (Lipinski definition) is 2. The van der Waals surface area contributed by atoms with Crippen LogP contribution in [0.1, 0.15) is 71.1 Å². The van der Waals surface area contributed by atoms with Gasteiger partial charge in [-0.05, 0) is 25.7 Å². The molecule has 0 radical (unpaired) electrons. The van der Waals surface area contributed by atoms with E-state index in [9.17, 15) is 4.57 Å². The smallest absolute Gasteiger partial charge is 0.324 e. The molecule has 0 aliphatic heterocycles.